The Kier molecular flexibility index (Phi) is 3.42. The van der Waals surface area contributed by atoms with Gasteiger partial charge in [0.15, 0.2) is 0 Å². The number of nitrogens with one attached hydrogen (secondary N) is 1. The van der Waals surface area contributed by atoms with E-state index in [1.807, 2.05) is 18.2 Å². The fourth-order valence-electron chi connectivity index (χ4n) is 3.00. The average molecular weight is 300 g/mol. The average Bonchev–Trinajstić information content (AvgIpc) is 2.76. The summed E-state index contributed by atoms with van der Waals surface area (Å²) in [5.74, 6) is 0.954. The molecule has 0 amide bonds. The van der Waals surface area contributed by atoms with E-state index in [1.54, 1.807) is 7.11 Å². The number of hydrogen-bond donors (Lipinski definition) is 1. The zero-order valence-corrected chi connectivity index (χ0v) is 13.4. The third kappa shape index (κ3) is 2.30. The first-order valence-electron chi connectivity index (χ1n) is 6.94. The van der Waals surface area contributed by atoms with Crippen molar-refractivity contribution in [1.82, 2.24) is 4.98 Å². The highest BCUT2D eigenvalue weighted by molar-refractivity contribution is 6.31. The van der Waals surface area contributed by atoms with E-state index in [0.29, 0.717) is 0 Å². The lowest BCUT2D eigenvalue weighted by atomic mass is 10.0. The van der Waals surface area contributed by atoms with Gasteiger partial charge in [-0.3, -0.25) is 0 Å². The van der Waals surface area contributed by atoms with Crippen molar-refractivity contribution >= 4 is 22.5 Å². The Morgan fingerprint density at radius 3 is 2.29 bits per heavy atom. The number of halogens is 1. The first kappa shape index (κ1) is 14.0. The van der Waals surface area contributed by atoms with Crippen molar-refractivity contribution in [3.63, 3.8) is 0 Å². The third-order valence-electron chi connectivity index (χ3n) is 3.97. The van der Waals surface area contributed by atoms with E-state index in [1.165, 1.54) is 16.5 Å². The number of hydrogen-bond acceptors (Lipinski definition) is 1. The summed E-state index contributed by atoms with van der Waals surface area (Å²) < 4.78 is 5.44. The largest absolute Gasteiger partial charge is 0.496 e. The zero-order chi connectivity index (χ0) is 15.1. The summed E-state index contributed by atoms with van der Waals surface area (Å²) >= 11 is 6.11. The normalized spacial score (nSPS) is 11.1. The number of H-pyrrole nitrogens is 1. The molecule has 21 heavy (non-hydrogen) atoms. The van der Waals surface area contributed by atoms with Gasteiger partial charge >= 0.3 is 0 Å². The van der Waals surface area contributed by atoms with Crippen LogP contribution >= 0.6 is 11.6 Å². The molecule has 0 spiro atoms. The van der Waals surface area contributed by atoms with Crippen LogP contribution in [0.25, 0.3) is 22.2 Å². The predicted molar refractivity (Wildman–Crippen MR) is 89.5 cm³/mol. The second-order valence-electron chi connectivity index (χ2n) is 5.46. The maximum Gasteiger partial charge on any atom is 0.124 e. The first-order valence-corrected chi connectivity index (χ1v) is 7.32. The molecule has 1 aromatic heterocycles. The molecule has 0 saturated heterocycles. The lowest BCUT2D eigenvalue weighted by Crippen LogP contribution is -1.92. The summed E-state index contributed by atoms with van der Waals surface area (Å²) in [5.41, 5.74) is 6.93. The Morgan fingerprint density at radius 1 is 1.00 bits per heavy atom. The van der Waals surface area contributed by atoms with E-state index >= 15 is 0 Å². The predicted octanol–water partition coefficient (Wildman–Crippen LogP) is 5.42. The molecule has 3 rings (SSSR count). The van der Waals surface area contributed by atoms with Crippen molar-refractivity contribution < 1.29 is 4.74 Å². The molecule has 0 atom stereocenters. The smallest absolute Gasteiger partial charge is 0.124 e. The van der Waals surface area contributed by atoms with Crippen molar-refractivity contribution in [3.8, 4) is 17.0 Å². The summed E-state index contributed by atoms with van der Waals surface area (Å²) in [6.07, 6.45) is 0. The molecule has 108 valence electrons. The molecule has 3 heteroatoms. The van der Waals surface area contributed by atoms with Crippen LogP contribution in [0.15, 0.2) is 30.3 Å². The minimum Gasteiger partial charge on any atom is -0.496 e. The third-order valence-corrected chi connectivity index (χ3v) is 4.21. The van der Waals surface area contributed by atoms with E-state index in [2.05, 4.69) is 37.9 Å². The first-order chi connectivity index (χ1) is 10.0. The number of aromatic amines is 1. The number of fused-ring (bicyclic) bond motifs is 1. The lowest BCUT2D eigenvalue weighted by molar-refractivity contribution is 0.408. The van der Waals surface area contributed by atoms with E-state index < -0.39 is 0 Å². The van der Waals surface area contributed by atoms with Gasteiger partial charge in [-0.1, -0.05) is 11.6 Å². The van der Waals surface area contributed by atoms with Crippen LogP contribution in [-0.4, -0.2) is 12.1 Å². The van der Waals surface area contributed by atoms with Crippen LogP contribution in [0.4, 0.5) is 0 Å². The van der Waals surface area contributed by atoms with Crippen LogP contribution in [0.1, 0.15) is 16.7 Å². The standard InChI is InChI=1S/C18H18ClNO/c1-10-7-13(8-11(2)18(10)21-4)17-12(3)15-9-14(19)5-6-16(15)20-17/h5-9,20H,1-4H3. The van der Waals surface area contributed by atoms with E-state index in [0.717, 1.165) is 33.1 Å². The monoisotopic (exact) mass is 299 g/mol. The van der Waals surface area contributed by atoms with Gasteiger partial charge in [0.1, 0.15) is 5.75 Å². The number of rotatable bonds is 2. The van der Waals surface area contributed by atoms with Crippen LogP contribution < -0.4 is 4.74 Å². The molecule has 0 unspecified atom stereocenters. The summed E-state index contributed by atoms with van der Waals surface area (Å²) in [6, 6.07) is 10.3. The fraction of sp³-hybridized carbons (Fsp3) is 0.222. The van der Waals surface area contributed by atoms with Gasteiger partial charge < -0.3 is 9.72 Å². The van der Waals surface area contributed by atoms with E-state index in [9.17, 15) is 0 Å². The van der Waals surface area contributed by atoms with Crippen molar-refractivity contribution in [2.75, 3.05) is 7.11 Å². The Hall–Kier alpha value is -1.93. The lowest BCUT2D eigenvalue weighted by Gasteiger charge is -2.11. The molecule has 1 heterocycles. The molecular weight excluding hydrogens is 282 g/mol. The van der Waals surface area contributed by atoms with E-state index in [-0.39, 0.29) is 0 Å². The van der Waals surface area contributed by atoms with Gasteiger partial charge in [-0.15, -0.1) is 0 Å². The van der Waals surface area contributed by atoms with Gasteiger partial charge in [0, 0.05) is 21.6 Å². The van der Waals surface area contributed by atoms with Crippen LogP contribution in [0, 0.1) is 20.8 Å². The summed E-state index contributed by atoms with van der Waals surface area (Å²) in [7, 11) is 1.71. The molecule has 0 radical (unpaired) electrons. The van der Waals surface area contributed by atoms with Gasteiger partial charge in [0.2, 0.25) is 0 Å². The molecule has 0 aliphatic carbocycles. The van der Waals surface area contributed by atoms with Crippen LogP contribution in [-0.2, 0) is 0 Å². The molecule has 1 N–H and O–H groups in total. The van der Waals surface area contributed by atoms with Gasteiger partial charge in [-0.2, -0.15) is 0 Å². The van der Waals surface area contributed by atoms with Crippen molar-refractivity contribution in [2.24, 2.45) is 0 Å². The minimum atomic E-state index is 0.762. The highest BCUT2D eigenvalue weighted by atomic mass is 35.5. The van der Waals surface area contributed by atoms with Crippen LogP contribution in [0.3, 0.4) is 0 Å². The fourth-order valence-corrected chi connectivity index (χ4v) is 3.18. The molecule has 0 aliphatic rings. The molecule has 2 nitrogen and oxygen atoms in total. The number of methoxy groups -OCH3 is 1. The molecule has 0 aliphatic heterocycles. The minimum absolute atomic E-state index is 0.762. The highest BCUT2D eigenvalue weighted by Crippen LogP contribution is 2.34. The van der Waals surface area contributed by atoms with Crippen molar-refractivity contribution in [2.45, 2.75) is 20.8 Å². The SMILES string of the molecule is COc1c(C)cc(-c2[nH]c3ccc(Cl)cc3c2C)cc1C. The van der Waals surface area contributed by atoms with E-state index in [4.69, 9.17) is 16.3 Å². The molecule has 2 aromatic carbocycles. The highest BCUT2D eigenvalue weighted by Gasteiger charge is 2.13. The maximum absolute atomic E-state index is 6.11. The van der Waals surface area contributed by atoms with Gasteiger partial charge in [-0.25, -0.2) is 0 Å². The topological polar surface area (TPSA) is 25.0 Å². The number of benzene rings is 2. The number of ether oxygens (including phenoxy) is 1. The Bertz CT molecular complexity index is 810. The Labute approximate surface area is 129 Å². The van der Waals surface area contributed by atoms with Gasteiger partial charge in [0.25, 0.3) is 0 Å². The second kappa shape index (κ2) is 5.12. The molecule has 0 fully saturated rings. The maximum atomic E-state index is 6.11. The Morgan fingerprint density at radius 2 is 1.67 bits per heavy atom. The molecular formula is C18H18ClNO. The zero-order valence-electron chi connectivity index (χ0n) is 12.7. The molecule has 3 aromatic rings. The quantitative estimate of drug-likeness (QED) is 0.671. The molecule has 0 saturated carbocycles. The summed E-state index contributed by atoms with van der Waals surface area (Å²) in [4.78, 5) is 3.50. The summed E-state index contributed by atoms with van der Waals surface area (Å²) in [6.45, 7) is 6.27. The van der Waals surface area contributed by atoms with Crippen LogP contribution in [0.5, 0.6) is 5.75 Å². The van der Waals surface area contributed by atoms with Crippen molar-refractivity contribution in [3.05, 3.63) is 52.0 Å². The van der Waals surface area contributed by atoms with Crippen molar-refractivity contribution in [1.29, 1.82) is 0 Å². The van der Waals surface area contributed by atoms with Gasteiger partial charge in [-0.05, 0) is 73.4 Å². The van der Waals surface area contributed by atoms with Crippen LogP contribution in [0.2, 0.25) is 5.02 Å². The second-order valence-corrected chi connectivity index (χ2v) is 5.89. The molecule has 0 bridgehead atoms. The Balaban J connectivity index is 2.23. The number of aryl methyl sites for hydroxylation is 3. The number of aromatic nitrogens is 1. The summed E-state index contributed by atoms with van der Waals surface area (Å²) in [5, 5.41) is 1.93. The van der Waals surface area contributed by atoms with Gasteiger partial charge in [0.05, 0.1) is 7.11 Å².